The van der Waals surface area contributed by atoms with Crippen LogP contribution in [0, 0.1) is 13.8 Å². The Bertz CT molecular complexity index is 5630. The Hall–Kier alpha value is -9.77. The number of aromatic nitrogens is 2. The number of anilines is 3. The lowest BCUT2D eigenvalue weighted by atomic mass is 9.81. The predicted octanol–water partition coefficient (Wildman–Crippen LogP) is 26.1. The van der Waals surface area contributed by atoms with Crippen molar-refractivity contribution in [2.75, 3.05) is 68.2 Å². The summed E-state index contributed by atoms with van der Waals surface area (Å²) < 4.78 is 33.5. The average molecular weight is 1720 g/mol. The van der Waals surface area contributed by atoms with Crippen molar-refractivity contribution in [1.82, 2.24) is 9.13 Å². The second-order valence-corrected chi connectivity index (χ2v) is 32.3. The van der Waals surface area contributed by atoms with E-state index in [2.05, 4.69) is 199 Å². The van der Waals surface area contributed by atoms with Crippen LogP contribution in [0.4, 0.5) is 17.1 Å². The number of nitrogens with zero attached hydrogens (tertiary/aromatic N) is 5. The molecule has 0 N–H and O–H groups in total. The number of esters is 3. The standard InChI is InChI=1S/C42H43N3O2.2C27H21Cl4NO3/c1-7-43(8-2)31-25-23-30(24-26-31)42(36-20-14-11-17-32(36)41(46)47-42)27-35(39-28(5)44(9-3)37-21-15-12-18-33(37)39)40-29(6)45(10-4)38-22-16-13-19-34(38)40;2*1-34-18-10-6-16(7-11-18)19(15-4-8-17(9-5-15)32-12-2-3-13-32)14-20-21-22(27(33)35-20)24(29)26(31)25(30)23(21)28/h11-27H,7-10H2,1-6H3;2*4-11,14,20H,2-3,12-13H2,1H3. The molecule has 0 spiro atoms. The van der Waals surface area contributed by atoms with Gasteiger partial charge in [0.1, 0.15) is 23.7 Å². The maximum Gasteiger partial charge on any atom is 0.341 e. The number of rotatable bonds is 19. The zero-order valence-corrected chi connectivity index (χ0v) is 71.9. The van der Waals surface area contributed by atoms with Gasteiger partial charge in [-0.25, -0.2) is 14.4 Å². The summed E-state index contributed by atoms with van der Waals surface area (Å²) in [6, 6.07) is 66.0. The van der Waals surface area contributed by atoms with Crippen molar-refractivity contribution < 1.29 is 38.1 Å². The zero-order valence-electron chi connectivity index (χ0n) is 65.9. The number of hydrogen-bond donors (Lipinski definition) is 0. The number of ether oxygens (including phenoxy) is 5. The van der Waals surface area contributed by atoms with E-state index in [0.717, 1.165) is 120 Å². The van der Waals surface area contributed by atoms with Crippen LogP contribution in [0.2, 0.25) is 40.2 Å². The van der Waals surface area contributed by atoms with E-state index in [-0.39, 0.29) is 57.3 Å². The summed E-state index contributed by atoms with van der Waals surface area (Å²) in [7, 11) is 3.25. The van der Waals surface area contributed by atoms with E-state index in [1.807, 2.05) is 78.9 Å². The highest BCUT2D eigenvalue weighted by atomic mass is 35.5. The fourth-order valence-corrected chi connectivity index (χ4v) is 19.2. The molecule has 17 rings (SSSR count). The predicted molar refractivity (Wildman–Crippen MR) is 480 cm³/mol. The molecule has 21 heteroatoms. The largest absolute Gasteiger partial charge is 0.497 e. The number of halogens is 8. The second kappa shape index (κ2) is 35.0. The van der Waals surface area contributed by atoms with Gasteiger partial charge in [0.05, 0.1) is 71.1 Å². The molecular weight excluding hydrogens is 1630 g/mol. The molecule has 0 aliphatic carbocycles. The highest BCUT2D eigenvalue weighted by Gasteiger charge is 2.47. The van der Waals surface area contributed by atoms with Gasteiger partial charge in [-0.15, -0.1) is 0 Å². The molecule has 7 heterocycles. The Balaban J connectivity index is 0.000000140. The molecule has 2 saturated heterocycles. The molecular formula is C96H85Cl8N5O8. The Kier molecular flexibility index (Phi) is 24.7. The van der Waals surface area contributed by atoms with Crippen LogP contribution in [0.3, 0.4) is 0 Å². The SMILES string of the molecule is CCN(CC)c1ccc(C2(C=C(c3c(C)n(CC)c4ccccc34)c3c(C)n(CC)c4ccccc34)OC(=O)c3ccccc32)cc1.COc1ccc(C(=CC2OC(=O)c3c(Cl)c(Cl)c(Cl)c(Cl)c32)c2ccc(N3CCCC3)cc2)cc1.COc1ccc(C(=CC2OC(=O)c3c(Cl)c(Cl)c(Cl)c(Cl)c32)c2ccc(N3CCCC3)cc2)cc1. The molecule has 5 aliphatic rings. The van der Waals surface area contributed by atoms with Crippen molar-refractivity contribution in [3.8, 4) is 11.5 Å². The van der Waals surface area contributed by atoms with Crippen molar-refractivity contribution in [3.63, 3.8) is 0 Å². The summed E-state index contributed by atoms with van der Waals surface area (Å²) in [5.41, 5.74) is 19.6. The number of carbonyl (C=O) groups is 3. The molecule has 0 radical (unpaired) electrons. The second-order valence-electron chi connectivity index (χ2n) is 29.2. The minimum Gasteiger partial charge on any atom is -0.497 e. The quantitative estimate of drug-likeness (QED) is 0.0333. The first kappa shape index (κ1) is 82.3. The summed E-state index contributed by atoms with van der Waals surface area (Å²) in [5.74, 6) is -0.00228. The highest BCUT2D eigenvalue weighted by Crippen LogP contribution is 2.54. The number of carbonyl (C=O) groups excluding carboxylic acids is 3. The van der Waals surface area contributed by atoms with Crippen LogP contribution >= 0.6 is 92.8 Å². The molecule has 12 aromatic rings. The van der Waals surface area contributed by atoms with Crippen LogP contribution in [0.25, 0.3) is 38.5 Å². The van der Waals surface area contributed by atoms with Crippen LogP contribution in [-0.2, 0) is 32.9 Å². The summed E-state index contributed by atoms with van der Waals surface area (Å²) in [4.78, 5) is 46.3. The third-order valence-electron chi connectivity index (χ3n) is 23.0. The third kappa shape index (κ3) is 15.5. The van der Waals surface area contributed by atoms with E-state index < -0.39 is 29.7 Å². The monoisotopic (exact) mass is 1720 g/mol. The number of aryl methyl sites for hydroxylation is 2. The van der Waals surface area contributed by atoms with Crippen molar-refractivity contribution >= 4 is 166 Å². The van der Waals surface area contributed by atoms with Gasteiger partial charge in [-0.2, -0.15) is 0 Å². The molecule has 0 bridgehead atoms. The van der Waals surface area contributed by atoms with Gasteiger partial charge in [0.2, 0.25) is 0 Å². The highest BCUT2D eigenvalue weighted by molar-refractivity contribution is 6.54. The Labute approximate surface area is 721 Å². The fraction of sp³-hybridized carbons (Fsp3) is 0.240. The van der Waals surface area contributed by atoms with Crippen LogP contribution in [-0.4, -0.2) is 80.5 Å². The first-order valence-electron chi connectivity index (χ1n) is 39.3. The van der Waals surface area contributed by atoms with Crippen molar-refractivity contribution in [3.05, 3.63) is 336 Å². The zero-order chi connectivity index (χ0) is 82.3. The smallest absolute Gasteiger partial charge is 0.341 e. The average Bonchev–Trinajstić information content (AvgIpc) is 1.50. The Morgan fingerprint density at radius 1 is 0.444 bits per heavy atom. The summed E-state index contributed by atoms with van der Waals surface area (Å²) in [6.07, 6.45) is 9.25. The van der Waals surface area contributed by atoms with E-state index in [1.54, 1.807) is 14.2 Å². The van der Waals surface area contributed by atoms with Crippen molar-refractivity contribution in [2.24, 2.45) is 0 Å². The van der Waals surface area contributed by atoms with Gasteiger partial charge in [0.25, 0.3) is 0 Å². The maximum absolute atomic E-state index is 13.8. The molecule has 2 aromatic heterocycles. The molecule has 2 fully saturated rings. The van der Waals surface area contributed by atoms with Gasteiger partial charge in [0.15, 0.2) is 5.60 Å². The summed E-state index contributed by atoms with van der Waals surface area (Å²) in [5, 5.41) is 3.02. The first-order valence-corrected chi connectivity index (χ1v) is 42.3. The summed E-state index contributed by atoms with van der Waals surface area (Å²) in [6.45, 7) is 21.0. The van der Waals surface area contributed by atoms with E-state index in [9.17, 15) is 14.4 Å². The lowest BCUT2D eigenvalue weighted by Crippen LogP contribution is -2.27. The molecule has 3 atom stereocenters. The van der Waals surface area contributed by atoms with Gasteiger partial charge in [-0.3, -0.25) is 0 Å². The van der Waals surface area contributed by atoms with Crippen LogP contribution in [0.1, 0.15) is 164 Å². The maximum atomic E-state index is 13.8. The van der Waals surface area contributed by atoms with E-state index in [0.29, 0.717) is 16.7 Å². The van der Waals surface area contributed by atoms with Crippen LogP contribution in [0.15, 0.2) is 212 Å². The lowest BCUT2D eigenvalue weighted by Gasteiger charge is -2.29. The lowest BCUT2D eigenvalue weighted by molar-refractivity contribution is 0.0275. The van der Waals surface area contributed by atoms with E-state index >= 15 is 0 Å². The minimum absolute atomic E-state index is 0.0338. The molecule has 0 saturated carbocycles. The number of benzene rings is 10. The minimum atomic E-state index is -1.13. The topological polar surface area (TPSA) is 117 Å². The Morgan fingerprint density at radius 2 is 0.821 bits per heavy atom. The molecule has 598 valence electrons. The van der Waals surface area contributed by atoms with Gasteiger partial charge >= 0.3 is 17.9 Å². The summed E-state index contributed by atoms with van der Waals surface area (Å²) >= 11 is 50.7. The number of cyclic esters (lactones) is 3. The van der Waals surface area contributed by atoms with E-state index in [1.165, 1.54) is 81.4 Å². The van der Waals surface area contributed by atoms with Gasteiger partial charge in [-0.05, 0) is 203 Å². The fourth-order valence-electron chi connectivity index (χ4n) is 17.1. The number of hydrogen-bond acceptors (Lipinski definition) is 11. The molecule has 117 heavy (non-hydrogen) atoms. The molecule has 5 aliphatic heterocycles. The van der Waals surface area contributed by atoms with E-state index in [4.69, 9.17) is 116 Å². The number of fused-ring (bicyclic) bond motifs is 5. The van der Waals surface area contributed by atoms with Gasteiger partial charge in [-0.1, -0.05) is 208 Å². The first-order chi connectivity index (χ1) is 56.6. The van der Waals surface area contributed by atoms with Crippen molar-refractivity contribution in [1.29, 1.82) is 0 Å². The van der Waals surface area contributed by atoms with Crippen LogP contribution in [0.5, 0.6) is 11.5 Å². The van der Waals surface area contributed by atoms with Gasteiger partial charge in [0, 0.05) is 136 Å². The number of methoxy groups -OCH3 is 2. The van der Waals surface area contributed by atoms with Gasteiger partial charge < -0.3 is 47.5 Å². The normalized spacial score (nSPS) is 16.8. The molecule has 10 aromatic carbocycles. The molecule has 13 nitrogen and oxygen atoms in total. The Morgan fingerprint density at radius 3 is 1.21 bits per heavy atom. The molecule has 3 unspecified atom stereocenters. The van der Waals surface area contributed by atoms with Crippen LogP contribution < -0.4 is 24.2 Å². The van der Waals surface area contributed by atoms with Crippen molar-refractivity contribution in [2.45, 2.75) is 98.1 Å². The molecule has 0 amide bonds. The third-order valence-corrected chi connectivity index (χ3v) is 26.6. The number of para-hydroxylation sites is 2.